The number of amides is 1. The molecule has 0 aliphatic heterocycles. The van der Waals surface area contributed by atoms with Crippen molar-refractivity contribution in [3.8, 4) is 0 Å². The second-order valence-corrected chi connectivity index (χ2v) is 7.36. The van der Waals surface area contributed by atoms with Gasteiger partial charge in [0.2, 0.25) is 0 Å². The first kappa shape index (κ1) is 15.5. The van der Waals surface area contributed by atoms with E-state index < -0.39 is 0 Å². The first-order chi connectivity index (χ1) is 10.6. The molecule has 1 aliphatic carbocycles. The van der Waals surface area contributed by atoms with Crippen LogP contribution in [0.2, 0.25) is 0 Å². The largest absolute Gasteiger partial charge is 0.465 e. The summed E-state index contributed by atoms with van der Waals surface area (Å²) in [6.45, 7) is 0. The third-order valence-electron chi connectivity index (χ3n) is 3.64. The summed E-state index contributed by atoms with van der Waals surface area (Å²) in [5, 5.41) is 3.46. The summed E-state index contributed by atoms with van der Waals surface area (Å²) in [6, 6.07) is 7.31. The number of aryl methyl sites for hydroxylation is 1. The molecule has 114 valence electrons. The van der Waals surface area contributed by atoms with Crippen LogP contribution in [0.4, 0.5) is 5.00 Å². The molecule has 0 spiro atoms. The van der Waals surface area contributed by atoms with Gasteiger partial charge >= 0.3 is 5.97 Å². The number of hydrogen-bond acceptors (Lipinski definition) is 4. The maximum Gasteiger partial charge on any atom is 0.341 e. The van der Waals surface area contributed by atoms with Gasteiger partial charge in [-0.15, -0.1) is 11.3 Å². The highest BCUT2D eigenvalue weighted by Crippen LogP contribution is 2.39. The number of ether oxygens (including phenoxy) is 1. The third-order valence-corrected chi connectivity index (χ3v) is 5.57. The van der Waals surface area contributed by atoms with Crippen molar-refractivity contribution in [3.63, 3.8) is 0 Å². The van der Waals surface area contributed by atoms with E-state index in [1.165, 1.54) is 23.3 Å². The van der Waals surface area contributed by atoms with Crippen molar-refractivity contribution in [2.45, 2.75) is 19.3 Å². The molecule has 0 saturated heterocycles. The summed E-state index contributed by atoms with van der Waals surface area (Å²) in [5.41, 5.74) is 2.14. The number of hydrogen-bond donors (Lipinski definition) is 1. The highest BCUT2D eigenvalue weighted by atomic mass is 127. The Balaban J connectivity index is 1.90. The molecule has 4 nitrogen and oxygen atoms in total. The van der Waals surface area contributed by atoms with Crippen molar-refractivity contribution in [3.05, 3.63) is 49.4 Å². The van der Waals surface area contributed by atoms with Crippen LogP contribution in [0.1, 0.15) is 37.6 Å². The smallest absolute Gasteiger partial charge is 0.341 e. The minimum atomic E-state index is -0.377. The number of thiophene rings is 1. The Morgan fingerprint density at radius 1 is 1.23 bits per heavy atom. The van der Waals surface area contributed by atoms with Gasteiger partial charge in [0.15, 0.2) is 0 Å². The van der Waals surface area contributed by atoms with Crippen LogP contribution in [0.5, 0.6) is 0 Å². The van der Waals surface area contributed by atoms with Gasteiger partial charge in [-0.2, -0.15) is 0 Å². The molecule has 0 unspecified atom stereocenters. The lowest BCUT2D eigenvalue weighted by molar-refractivity contribution is 0.0601. The molecule has 22 heavy (non-hydrogen) atoms. The Hall–Kier alpha value is -1.41. The topological polar surface area (TPSA) is 55.4 Å². The fourth-order valence-corrected chi connectivity index (χ4v) is 4.22. The number of benzene rings is 1. The van der Waals surface area contributed by atoms with E-state index in [0.717, 1.165) is 28.4 Å². The average molecular weight is 427 g/mol. The fourth-order valence-electron chi connectivity index (χ4n) is 2.59. The summed E-state index contributed by atoms with van der Waals surface area (Å²) < 4.78 is 5.95. The molecule has 1 aromatic heterocycles. The number of methoxy groups -OCH3 is 1. The number of esters is 1. The van der Waals surface area contributed by atoms with Crippen molar-refractivity contribution in [1.82, 2.24) is 0 Å². The van der Waals surface area contributed by atoms with Gasteiger partial charge in [-0.05, 0) is 71.7 Å². The maximum atomic E-state index is 12.4. The van der Waals surface area contributed by atoms with Crippen molar-refractivity contribution in [2.24, 2.45) is 0 Å². The molecular formula is C16H14INO3S. The van der Waals surface area contributed by atoms with Crippen LogP contribution in [0.15, 0.2) is 24.3 Å². The SMILES string of the molecule is COC(=O)c1c(NC(=O)c2ccc(I)cc2)sc2c1CCC2. The number of carbonyl (C=O) groups excluding carboxylic acids is 2. The van der Waals surface area contributed by atoms with Crippen molar-refractivity contribution < 1.29 is 14.3 Å². The molecule has 1 aromatic carbocycles. The summed E-state index contributed by atoms with van der Waals surface area (Å²) in [4.78, 5) is 25.6. The summed E-state index contributed by atoms with van der Waals surface area (Å²) in [6.07, 6.45) is 2.88. The number of carbonyl (C=O) groups is 2. The molecule has 0 bridgehead atoms. The first-order valence-electron chi connectivity index (χ1n) is 6.90. The van der Waals surface area contributed by atoms with Gasteiger partial charge in [-0.25, -0.2) is 4.79 Å². The summed E-state index contributed by atoms with van der Waals surface area (Å²) in [7, 11) is 1.37. The fraction of sp³-hybridized carbons (Fsp3) is 0.250. The number of anilines is 1. The van der Waals surface area contributed by atoms with Crippen LogP contribution in [0.25, 0.3) is 0 Å². The van der Waals surface area contributed by atoms with Gasteiger partial charge < -0.3 is 10.1 Å². The Labute approximate surface area is 146 Å². The van der Waals surface area contributed by atoms with Gasteiger partial charge in [0.1, 0.15) is 5.00 Å². The van der Waals surface area contributed by atoms with E-state index >= 15 is 0 Å². The molecule has 0 fully saturated rings. The second kappa shape index (κ2) is 6.37. The molecule has 0 saturated carbocycles. The summed E-state index contributed by atoms with van der Waals surface area (Å²) >= 11 is 3.68. The van der Waals surface area contributed by atoms with Crippen molar-refractivity contribution in [2.75, 3.05) is 12.4 Å². The van der Waals surface area contributed by atoms with E-state index in [-0.39, 0.29) is 11.9 Å². The van der Waals surface area contributed by atoms with E-state index in [4.69, 9.17) is 4.74 Å². The second-order valence-electron chi connectivity index (χ2n) is 5.01. The lowest BCUT2D eigenvalue weighted by atomic mass is 10.1. The number of halogens is 1. The van der Waals surface area contributed by atoms with Gasteiger partial charge in [-0.3, -0.25) is 4.79 Å². The highest BCUT2D eigenvalue weighted by molar-refractivity contribution is 14.1. The molecule has 0 atom stereocenters. The van der Waals surface area contributed by atoms with Crippen LogP contribution in [-0.4, -0.2) is 19.0 Å². The maximum absolute atomic E-state index is 12.4. The molecule has 1 aliphatic rings. The number of fused-ring (bicyclic) bond motifs is 1. The number of nitrogens with one attached hydrogen (secondary N) is 1. The first-order valence-corrected chi connectivity index (χ1v) is 8.79. The predicted octanol–water partition coefficient (Wildman–Crippen LogP) is 3.88. The van der Waals surface area contributed by atoms with Crippen molar-refractivity contribution >= 4 is 50.8 Å². The van der Waals surface area contributed by atoms with Crippen LogP contribution in [-0.2, 0) is 17.6 Å². The van der Waals surface area contributed by atoms with Crippen LogP contribution in [0.3, 0.4) is 0 Å². The van der Waals surface area contributed by atoms with Gasteiger partial charge in [0.25, 0.3) is 5.91 Å². The average Bonchev–Trinajstić information content (AvgIpc) is 3.07. The van der Waals surface area contributed by atoms with Crippen molar-refractivity contribution in [1.29, 1.82) is 0 Å². The van der Waals surface area contributed by atoms with Gasteiger partial charge in [0.05, 0.1) is 12.7 Å². The molecule has 1 heterocycles. The van der Waals surface area contributed by atoms with Gasteiger partial charge in [-0.1, -0.05) is 0 Å². The van der Waals surface area contributed by atoms with E-state index in [0.29, 0.717) is 16.1 Å². The Morgan fingerprint density at radius 2 is 1.95 bits per heavy atom. The molecule has 1 amide bonds. The lowest BCUT2D eigenvalue weighted by Gasteiger charge is -2.07. The monoisotopic (exact) mass is 427 g/mol. The molecule has 3 rings (SSSR count). The third kappa shape index (κ3) is 2.89. The van der Waals surface area contributed by atoms with Gasteiger partial charge in [0, 0.05) is 14.0 Å². The standard InChI is InChI=1S/C16H14INO3S/c1-21-16(20)13-11-3-2-4-12(11)22-15(13)18-14(19)9-5-7-10(17)8-6-9/h5-8H,2-4H2,1H3,(H,18,19). The van der Waals surface area contributed by atoms with Crippen LogP contribution < -0.4 is 5.32 Å². The minimum Gasteiger partial charge on any atom is -0.465 e. The van der Waals surface area contributed by atoms with Crippen LogP contribution >= 0.6 is 33.9 Å². The van der Waals surface area contributed by atoms with E-state index in [1.807, 2.05) is 12.1 Å². The highest BCUT2D eigenvalue weighted by Gasteiger charge is 2.28. The molecule has 6 heteroatoms. The molecule has 2 aromatic rings. The van der Waals surface area contributed by atoms with E-state index in [9.17, 15) is 9.59 Å². The Morgan fingerprint density at radius 3 is 2.64 bits per heavy atom. The minimum absolute atomic E-state index is 0.207. The normalized spacial score (nSPS) is 12.8. The van der Waals surface area contributed by atoms with E-state index in [2.05, 4.69) is 27.9 Å². The zero-order valence-electron chi connectivity index (χ0n) is 11.9. The molecular weight excluding hydrogens is 413 g/mol. The molecule has 1 N–H and O–H groups in total. The zero-order chi connectivity index (χ0) is 15.7. The van der Waals surface area contributed by atoms with Crippen LogP contribution in [0, 0.1) is 3.57 Å². The molecule has 0 radical (unpaired) electrons. The Kier molecular flexibility index (Phi) is 4.49. The summed E-state index contributed by atoms with van der Waals surface area (Å²) in [5.74, 6) is -0.584. The predicted molar refractivity (Wildman–Crippen MR) is 94.8 cm³/mol. The quantitative estimate of drug-likeness (QED) is 0.598. The Bertz CT molecular complexity index is 737. The number of rotatable bonds is 3. The van der Waals surface area contributed by atoms with E-state index in [1.54, 1.807) is 12.1 Å². The zero-order valence-corrected chi connectivity index (χ0v) is 14.9. The lowest BCUT2D eigenvalue weighted by Crippen LogP contribution is -2.14.